The van der Waals surface area contributed by atoms with Crippen LogP contribution in [0.2, 0.25) is 0 Å². The Kier molecular flexibility index (Phi) is 6.09. The predicted octanol–water partition coefficient (Wildman–Crippen LogP) is 1.91. The van der Waals surface area contributed by atoms with Crippen molar-refractivity contribution >= 4 is 27.5 Å². The van der Waals surface area contributed by atoms with Crippen LogP contribution >= 0.6 is 0 Å². The van der Waals surface area contributed by atoms with E-state index in [1.807, 2.05) is 11.8 Å². The largest absolute Gasteiger partial charge is 0.342 e. The first kappa shape index (κ1) is 20.8. The van der Waals surface area contributed by atoms with Crippen molar-refractivity contribution in [1.82, 2.24) is 9.62 Å². The number of benzene rings is 1. The minimum absolute atomic E-state index is 0.00544. The number of rotatable bonds is 5. The Morgan fingerprint density at radius 2 is 2.00 bits per heavy atom. The second-order valence-corrected chi connectivity index (χ2v) is 9.73. The Morgan fingerprint density at radius 1 is 1.25 bits per heavy atom. The van der Waals surface area contributed by atoms with E-state index < -0.39 is 10.0 Å². The lowest BCUT2D eigenvalue weighted by molar-refractivity contribution is -0.132. The number of sulfonamides is 1. The van der Waals surface area contributed by atoms with Crippen LogP contribution in [0.4, 0.5) is 5.69 Å². The summed E-state index contributed by atoms with van der Waals surface area (Å²) in [5.41, 5.74) is 1.62. The van der Waals surface area contributed by atoms with E-state index in [-0.39, 0.29) is 35.7 Å². The van der Waals surface area contributed by atoms with E-state index in [1.54, 1.807) is 17.0 Å². The molecule has 0 unspecified atom stereocenters. The molecular weight excluding hydrogens is 378 g/mol. The molecule has 28 heavy (non-hydrogen) atoms. The first-order valence-corrected chi connectivity index (χ1v) is 11.4. The van der Waals surface area contributed by atoms with Crippen LogP contribution in [-0.2, 0) is 26.0 Å². The average Bonchev–Trinajstić information content (AvgIpc) is 2.96. The summed E-state index contributed by atoms with van der Waals surface area (Å²) in [4.78, 5) is 27.8. The molecule has 1 N–H and O–H groups in total. The van der Waals surface area contributed by atoms with Gasteiger partial charge in [0.2, 0.25) is 21.8 Å². The molecule has 1 saturated heterocycles. The predicted molar refractivity (Wildman–Crippen MR) is 108 cm³/mol. The quantitative estimate of drug-likeness (QED) is 0.808. The van der Waals surface area contributed by atoms with Gasteiger partial charge in [-0.05, 0) is 55.9 Å². The topological polar surface area (TPSA) is 86.8 Å². The number of likely N-dealkylation sites (tertiary alicyclic amines) is 1. The minimum atomic E-state index is -3.70. The highest BCUT2D eigenvalue weighted by atomic mass is 32.2. The van der Waals surface area contributed by atoms with Crippen molar-refractivity contribution in [3.63, 3.8) is 0 Å². The van der Waals surface area contributed by atoms with E-state index in [2.05, 4.69) is 11.6 Å². The van der Waals surface area contributed by atoms with Crippen molar-refractivity contribution in [2.45, 2.75) is 57.4 Å². The van der Waals surface area contributed by atoms with Gasteiger partial charge in [0.25, 0.3) is 0 Å². The molecule has 0 bridgehead atoms. The smallest absolute Gasteiger partial charge is 0.240 e. The summed E-state index contributed by atoms with van der Waals surface area (Å²) in [6.07, 6.45) is 2.92. The number of anilines is 1. The maximum Gasteiger partial charge on any atom is 0.240 e. The van der Waals surface area contributed by atoms with Gasteiger partial charge in [0, 0.05) is 44.7 Å². The molecular formula is C20H29N3O4S. The third-order valence-electron chi connectivity index (χ3n) is 5.56. The van der Waals surface area contributed by atoms with E-state index in [0.717, 1.165) is 37.2 Å². The monoisotopic (exact) mass is 407 g/mol. The summed E-state index contributed by atoms with van der Waals surface area (Å²) in [6, 6.07) is 4.85. The number of carbonyl (C=O) groups excluding carboxylic acids is 2. The molecule has 2 aliphatic rings. The molecule has 0 saturated carbocycles. The Hall–Kier alpha value is -1.93. The van der Waals surface area contributed by atoms with Gasteiger partial charge < -0.3 is 9.80 Å². The van der Waals surface area contributed by atoms with Gasteiger partial charge in [0.15, 0.2) is 0 Å². The fraction of sp³-hybridized carbons (Fsp3) is 0.600. The number of amides is 2. The molecule has 7 nitrogen and oxygen atoms in total. The number of nitrogens with one attached hydrogen (secondary N) is 1. The standard InChI is InChI=1S/C20H29N3O4S/c1-14-5-4-10-22(13-14)20(25)8-9-21-28(26,27)18-6-7-19-17(12-18)11-15(2)23(19)16(3)24/h6-7,12,14-15,21H,4-5,8-11,13H2,1-3H3/t14-,15-/m0/s1. The van der Waals surface area contributed by atoms with Gasteiger partial charge in [-0.25, -0.2) is 13.1 Å². The van der Waals surface area contributed by atoms with E-state index >= 15 is 0 Å². The van der Waals surface area contributed by atoms with E-state index in [1.165, 1.54) is 13.0 Å². The van der Waals surface area contributed by atoms with Crippen LogP contribution in [0, 0.1) is 5.92 Å². The first-order chi connectivity index (χ1) is 13.2. The summed E-state index contributed by atoms with van der Waals surface area (Å²) in [7, 11) is -3.70. The van der Waals surface area contributed by atoms with Crippen molar-refractivity contribution < 1.29 is 18.0 Å². The lowest BCUT2D eigenvalue weighted by Crippen LogP contribution is -2.40. The van der Waals surface area contributed by atoms with Gasteiger partial charge in [-0.1, -0.05) is 6.92 Å². The molecule has 8 heteroatoms. The minimum Gasteiger partial charge on any atom is -0.342 e. The summed E-state index contributed by atoms with van der Waals surface area (Å²) in [5, 5.41) is 0. The molecule has 2 atom stereocenters. The van der Waals surface area contributed by atoms with Gasteiger partial charge in [0.05, 0.1) is 4.90 Å². The second-order valence-electron chi connectivity index (χ2n) is 7.97. The number of carbonyl (C=O) groups is 2. The number of piperidine rings is 1. The Morgan fingerprint density at radius 3 is 2.68 bits per heavy atom. The molecule has 0 aromatic heterocycles. The van der Waals surface area contributed by atoms with E-state index in [4.69, 9.17) is 0 Å². The normalized spacial score (nSPS) is 22.2. The highest BCUT2D eigenvalue weighted by Crippen LogP contribution is 2.33. The zero-order chi connectivity index (χ0) is 20.5. The number of hydrogen-bond acceptors (Lipinski definition) is 4. The zero-order valence-corrected chi connectivity index (χ0v) is 17.6. The molecule has 2 heterocycles. The van der Waals surface area contributed by atoms with Gasteiger partial charge in [-0.15, -0.1) is 0 Å². The van der Waals surface area contributed by atoms with E-state index in [0.29, 0.717) is 12.3 Å². The summed E-state index contributed by atoms with van der Waals surface area (Å²) in [5.74, 6) is 0.442. The maximum absolute atomic E-state index is 12.6. The van der Waals surface area contributed by atoms with Gasteiger partial charge in [-0.3, -0.25) is 9.59 Å². The van der Waals surface area contributed by atoms with Crippen LogP contribution in [0.5, 0.6) is 0 Å². The highest BCUT2D eigenvalue weighted by Gasteiger charge is 2.30. The Labute approximate surface area is 167 Å². The summed E-state index contributed by atoms with van der Waals surface area (Å²) < 4.78 is 27.8. The molecule has 1 aromatic carbocycles. The highest BCUT2D eigenvalue weighted by molar-refractivity contribution is 7.89. The number of hydrogen-bond donors (Lipinski definition) is 1. The Balaban J connectivity index is 1.62. The van der Waals surface area contributed by atoms with Crippen molar-refractivity contribution in [3.8, 4) is 0 Å². The van der Waals surface area contributed by atoms with Crippen molar-refractivity contribution in [2.75, 3.05) is 24.5 Å². The fourth-order valence-corrected chi connectivity index (χ4v) is 5.29. The molecule has 0 spiro atoms. The molecule has 1 aromatic rings. The van der Waals surface area contributed by atoms with Crippen LogP contribution in [-0.4, -0.2) is 50.8 Å². The van der Waals surface area contributed by atoms with Crippen LogP contribution < -0.4 is 9.62 Å². The molecule has 3 rings (SSSR count). The number of fused-ring (bicyclic) bond motifs is 1. The third kappa shape index (κ3) is 4.38. The second kappa shape index (κ2) is 8.21. The molecule has 1 fully saturated rings. The van der Waals surface area contributed by atoms with Crippen LogP contribution in [0.3, 0.4) is 0 Å². The summed E-state index contributed by atoms with van der Waals surface area (Å²) in [6.45, 7) is 7.18. The molecule has 2 aliphatic heterocycles. The number of nitrogens with zero attached hydrogens (tertiary/aromatic N) is 2. The van der Waals surface area contributed by atoms with Gasteiger partial charge in [0.1, 0.15) is 0 Å². The SMILES string of the molecule is CC(=O)N1c2ccc(S(=O)(=O)NCCC(=O)N3CCC[C@H](C)C3)cc2C[C@@H]1C. The van der Waals surface area contributed by atoms with Crippen LogP contribution in [0.1, 0.15) is 45.6 Å². The molecule has 154 valence electrons. The van der Waals surface area contributed by atoms with E-state index in [9.17, 15) is 18.0 Å². The maximum atomic E-state index is 12.6. The molecule has 0 aliphatic carbocycles. The fourth-order valence-electron chi connectivity index (χ4n) is 4.20. The molecule has 0 radical (unpaired) electrons. The van der Waals surface area contributed by atoms with Gasteiger partial charge >= 0.3 is 0 Å². The Bertz CT molecular complexity index is 868. The lowest BCUT2D eigenvalue weighted by Gasteiger charge is -2.31. The lowest BCUT2D eigenvalue weighted by atomic mass is 10.0. The summed E-state index contributed by atoms with van der Waals surface area (Å²) >= 11 is 0. The van der Waals surface area contributed by atoms with Gasteiger partial charge in [-0.2, -0.15) is 0 Å². The average molecular weight is 408 g/mol. The first-order valence-electron chi connectivity index (χ1n) is 9.89. The molecule has 2 amide bonds. The third-order valence-corrected chi connectivity index (χ3v) is 7.02. The van der Waals surface area contributed by atoms with Crippen molar-refractivity contribution in [1.29, 1.82) is 0 Å². The zero-order valence-electron chi connectivity index (χ0n) is 16.8. The van der Waals surface area contributed by atoms with Crippen molar-refractivity contribution in [3.05, 3.63) is 23.8 Å². The van der Waals surface area contributed by atoms with Crippen molar-refractivity contribution in [2.24, 2.45) is 5.92 Å². The van der Waals surface area contributed by atoms with Crippen LogP contribution in [0.25, 0.3) is 0 Å². The van der Waals surface area contributed by atoms with Crippen LogP contribution in [0.15, 0.2) is 23.1 Å².